The number of hydrogen-bond acceptors (Lipinski definition) is 3. The Hall–Kier alpha value is -1.30. The van der Waals surface area contributed by atoms with Gasteiger partial charge in [-0.1, -0.05) is 40.7 Å². The van der Waals surface area contributed by atoms with Crippen molar-refractivity contribution in [3.8, 4) is 6.07 Å². The number of allylic oxidation sites excluding steroid dienone is 1. The maximum Gasteiger partial charge on any atom is 0.327 e. The van der Waals surface area contributed by atoms with Crippen LogP contribution < -0.4 is 0 Å². The summed E-state index contributed by atoms with van der Waals surface area (Å²) < 4.78 is 5.30. The molecule has 1 atom stereocenters. The van der Waals surface area contributed by atoms with Gasteiger partial charge in [0.05, 0.1) is 12.7 Å². The first-order chi connectivity index (χ1) is 9.97. The zero-order chi connectivity index (χ0) is 17.2. The second kappa shape index (κ2) is 6.07. The molecule has 0 amide bonds. The van der Waals surface area contributed by atoms with E-state index in [2.05, 4.69) is 47.3 Å². The number of esters is 1. The molecular formula is C19H31NO2. The topological polar surface area (TPSA) is 50.1 Å². The average molecular weight is 305 g/mol. The summed E-state index contributed by atoms with van der Waals surface area (Å²) in [6.45, 7) is 16.9. The number of carbonyl (C=O) groups is 1. The van der Waals surface area contributed by atoms with Gasteiger partial charge in [0.25, 0.3) is 0 Å². The first kappa shape index (κ1) is 18.7. The lowest BCUT2D eigenvalue weighted by atomic mass is 9.47. The van der Waals surface area contributed by atoms with E-state index in [4.69, 9.17) is 4.74 Å². The minimum absolute atomic E-state index is 0.0895. The van der Waals surface area contributed by atoms with E-state index in [0.29, 0.717) is 13.0 Å². The minimum Gasteiger partial charge on any atom is -0.465 e. The Balaban J connectivity index is 3.42. The predicted octanol–water partition coefficient (Wildman–Crippen LogP) is 4.88. The molecular weight excluding hydrogens is 274 g/mol. The molecule has 1 fully saturated rings. The van der Waals surface area contributed by atoms with Crippen molar-refractivity contribution in [1.29, 1.82) is 5.26 Å². The zero-order valence-electron chi connectivity index (χ0n) is 15.1. The van der Waals surface area contributed by atoms with Gasteiger partial charge in [0.15, 0.2) is 5.41 Å². The van der Waals surface area contributed by atoms with Gasteiger partial charge in [-0.25, -0.2) is 0 Å². The largest absolute Gasteiger partial charge is 0.465 e. The number of hydrogen-bond donors (Lipinski definition) is 0. The van der Waals surface area contributed by atoms with E-state index < -0.39 is 16.8 Å². The van der Waals surface area contributed by atoms with Gasteiger partial charge >= 0.3 is 5.97 Å². The number of nitriles is 1. The third-order valence-electron chi connectivity index (χ3n) is 4.99. The van der Waals surface area contributed by atoms with Crippen LogP contribution in [0.25, 0.3) is 0 Å². The first-order valence-electron chi connectivity index (χ1n) is 8.17. The van der Waals surface area contributed by atoms with Gasteiger partial charge in [-0.3, -0.25) is 4.79 Å². The van der Waals surface area contributed by atoms with Crippen LogP contribution in [0.1, 0.15) is 67.2 Å². The average Bonchev–Trinajstić information content (AvgIpc) is 2.31. The number of rotatable bonds is 5. The smallest absolute Gasteiger partial charge is 0.327 e. The third-order valence-corrected chi connectivity index (χ3v) is 4.99. The van der Waals surface area contributed by atoms with E-state index in [1.165, 1.54) is 0 Å². The SMILES string of the molecule is C=CCC(C#N)(C(=O)OCC)C1(C)CC(C)(C)CC(C)(C)C1. The second-order valence-corrected chi connectivity index (χ2v) is 8.65. The molecule has 1 aliphatic carbocycles. The van der Waals surface area contributed by atoms with Crippen LogP contribution in [0.4, 0.5) is 0 Å². The lowest BCUT2D eigenvalue weighted by Crippen LogP contribution is -2.53. The van der Waals surface area contributed by atoms with Gasteiger partial charge in [0.1, 0.15) is 0 Å². The molecule has 1 saturated carbocycles. The molecule has 0 heterocycles. The van der Waals surface area contributed by atoms with E-state index >= 15 is 0 Å². The standard InChI is InChI=1S/C19H31NO2/c1-8-10-19(14-20,15(21)22-9-2)18(7)12-16(3,4)11-17(5,6)13-18/h8H,1,9-13H2,2-7H3. The van der Waals surface area contributed by atoms with Crippen LogP contribution >= 0.6 is 0 Å². The predicted molar refractivity (Wildman–Crippen MR) is 89.0 cm³/mol. The molecule has 3 heteroatoms. The Labute approximate surface area is 135 Å². The van der Waals surface area contributed by atoms with E-state index in [1.807, 2.05) is 0 Å². The van der Waals surface area contributed by atoms with Crippen molar-refractivity contribution in [2.45, 2.75) is 67.2 Å². The fourth-order valence-electron chi connectivity index (χ4n) is 5.17. The second-order valence-electron chi connectivity index (χ2n) is 8.65. The zero-order valence-corrected chi connectivity index (χ0v) is 15.1. The Bertz CT molecular complexity index is 468. The molecule has 0 spiro atoms. The number of nitrogens with zero attached hydrogens (tertiary/aromatic N) is 1. The van der Waals surface area contributed by atoms with E-state index in [1.54, 1.807) is 13.0 Å². The molecule has 0 bridgehead atoms. The molecule has 124 valence electrons. The van der Waals surface area contributed by atoms with Gasteiger partial charge < -0.3 is 4.74 Å². The highest BCUT2D eigenvalue weighted by Gasteiger charge is 2.60. The highest BCUT2D eigenvalue weighted by molar-refractivity contribution is 5.81. The molecule has 1 aliphatic rings. The minimum atomic E-state index is -1.15. The van der Waals surface area contributed by atoms with E-state index in [9.17, 15) is 10.1 Å². The monoisotopic (exact) mass is 305 g/mol. The summed E-state index contributed by atoms with van der Waals surface area (Å²) in [4.78, 5) is 12.7. The Morgan fingerprint density at radius 2 is 1.73 bits per heavy atom. The molecule has 0 N–H and O–H groups in total. The Morgan fingerprint density at radius 3 is 2.09 bits per heavy atom. The van der Waals surface area contributed by atoms with Crippen molar-refractivity contribution in [3.63, 3.8) is 0 Å². The molecule has 0 radical (unpaired) electrons. The maximum absolute atomic E-state index is 12.7. The molecule has 0 aromatic carbocycles. The molecule has 0 saturated heterocycles. The van der Waals surface area contributed by atoms with Crippen molar-refractivity contribution >= 4 is 5.97 Å². The van der Waals surface area contributed by atoms with Crippen LogP contribution in [0, 0.1) is 33.0 Å². The molecule has 22 heavy (non-hydrogen) atoms. The van der Waals surface area contributed by atoms with Crippen LogP contribution in [0.3, 0.4) is 0 Å². The van der Waals surface area contributed by atoms with Gasteiger partial charge in [-0.2, -0.15) is 5.26 Å². The Kier molecular flexibility index (Phi) is 5.17. The summed E-state index contributed by atoms with van der Waals surface area (Å²) >= 11 is 0. The van der Waals surface area contributed by atoms with Crippen molar-refractivity contribution in [2.24, 2.45) is 21.7 Å². The van der Waals surface area contributed by atoms with Gasteiger partial charge in [-0.05, 0) is 48.9 Å². The van der Waals surface area contributed by atoms with Crippen molar-refractivity contribution in [3.05, 3.63) is 12.7 Å². The Morgan fingerprint density at radius 1 is 1.23 bits per heavy atom. The van der Waals surface area contributed by atoms with Crippen LogP contribution in [-0.2, 0) is 9.53 Å². The van der Waals surface area contributed by atoms with Crippen LogP contribution in [0.15, 0.2) is 12.7 Å². The van der Waals surface area contributed by atoms with Gasteiger partial charge in [0.2, 0.25) is 0 Å². The normalized spacial score (nSPS) is 24.6. The number of carbonyl (C=O) groups excluding carboxylic acids is 1. The van der Waals surface area contributed by atoms with E-state index in [0.717, 1.165) is 19.3 Å². The third kappa shape index (κ3) is 3.37. The first-order valence-corrected chi connectivity index (χ1v) is 8.17. The molecule has 0 aromatic rings. The summed E-state index contributed by atoms with van der Waals surface area (Å²) in [5.74, 6) is -0.395. The van der Waals surface area contributed by atoms with Crippen LogP contribution in [0.2, 0.25) is 0 Å². The van der Waals surface area contributed by atoms with Crippen LogP contribution in [0.5, 0.6) is 0 Å². The summed E-state index contributed by atoms with van der Waals surface area (Å²) in [5.41, 5.74) is -1.40. The summed E-state index contributed by atoms with van der Waals surface area (Å²) in [7, 11) is 0. The summed E-state index contributed by atoms with van der Waals surface area (Å²) in [6, 6.07) is 2.34. The lowest BCUT2D eigenvalue weighted by molar-refractivity contribution is -0.165. The van der Waals surface area contributed by atoms with E-state index in [-0.39, 0.29) is 10.8 Å². The fourth-order valence-corrected chi connectivity index (χ4v) is 5.17. The lowest BCUT2D eigenvalue weighted by Gasteiger charge is -2.55. The summed E-state index contributed by atoms with van der Waals surface area (Å²) in [5, 5.41) is 9.96. The van der Waals surface area contributed by atoms with Gasteiger partial charge in [-0.15, -0.1) is 6.58 Å². The molecule has 1 rings (SSSR count). The van der Waals surface area contributed by atoms with Crippen molar-refractivity contribution in [2.75, 3.05) is 6.61 Å². The maximum atomic E-state index is 12.7. The summed E-state index contributed by atoms with van der Waals surface area (Å²) in [6.07, 6.45) is 4.78. The fraction of sp³-hybridized carbons (Fsp3) is 0.789. The van der Waals surface area contributed by atoms with Crippen molar-refractivity contribution < 1.29 is 9.53 Å². The molecule has 3 nitrogen and oxygen atoms in total. The highest BCUT2D eigenvalue weighted by atomic mass is 16.5. The quantitative estimate of drug-likeness (QED) is 0.537. The molecule has 0 aromatic heterocycles. The molecule has 0 aliphatic heterocycles. The van der Waals surface area contributed by atoms with Gasteiger partial charge in [0, 0.05) is 0 Å². The van der Waals surface area contributed by atoms with Crippen LogP contribution in [-0.4, -0.2) is 12.6 Å². The number of ether oxygens (including phenoxy) is 1. The van der Waals surface area contributed by atoms with Crippen molar-refractivity contribution in [1.82, 2.24) is 0 Å². The highest BCUT2D eigenvalue weighted by Crippen LogP contribution is 2.61. The molecule has 1 unspecified atom stereocenters.